The highest BCUT2D eigenvalue weighted by Crippen LogP contribution is 2.41. The molecule has 3 aromatic carbocycles. The van der Waals surface area contributed by atoms with Crippen molar-refractivity contribution in [1.82, 2.24) is 4.57 Å². The van der Waals surface area contributed by atoms with Crippen molar-refractivity contribution in [1.29, 1.82) is 0 Å². The highest BCUT2D eigenvalue weighted by atomic mass is 79.9. The van der Waals surface area contributed by atoms with Gasteiger partial charge in [0.15, 0.2) is 4.80 Å². The Bertz CT molecular complexity index is 1640. The Labute approximate surface area is 216 Å². The monoisotopic (exact) mass is 541 g/mol. The van der Waals surface area contributed by atoms with Crippen molar-refractivity contribution in [3.63, 3.8) is 0 Å². The molecule has 1 atom stereocenters. The third-order valence-corrected chi connectivity index (χ3v) is 8.28. The average Bonchev–Trinajstić information content (AvgIpc) is 3.18. The summed E-state index contributed by atoms with van der Waals surface area (Å²) >= 11 is 5.03. The summed E-state index contributed by atoms with van der Waals surface area (Å²) < 4.78 is 3.63. The number of halogens is 1. The van der Waals surface area contributed by atoms with E-state index in [0.717, 1.165) is 44.6 Å². The number of nitrogens with zero attached hydrogens (tertiary/aromatic N) is 3. The van der Waals surface area contributed by atoms with Crippen molar-refractivity contribution in [3.8, 4) is 0 Å². The molecule has 0 spiro atoms. The minimum Gasteiger partial charge on any atom is -0.378 e. The van der Waals surface area contributed by atoms with Crippen LogP contribution < -0.4 is 19.8 Å². The highest BCUT2D eigenvalue weighted by Gasteiger charge is 2.32. The van der Waals surface area contributed by atoms with Crippen molar-refractivity contribution in [3.05, 3.63) is 125 Å². The number of benzene rings is 3. The Morgan fingerprint density at radius 1 is 1.00 bits per heavy atom. The molecule has 1 aromatic heterocycles. The summed E-state index contributed by atoms with van der Waals surface area (Å²) in [5.41, 5.74) is 8.03. The highest BCUT2D eigenvalue weighted by molar-refractivity contribution is 9.10. The number of aryl methyl sites for hydroxylation is 1. The van der Waals surface area contributed by atoms with E-state index in [2.05, 4.69) is 93.6 Å². The fraction of sp³-hybridized carbons (Fsp3) is 0.172. The van der Waals surface area contributed by atoms with Crippen molar-refractivity contribution >= 4 is 44.7 Å². The molecule has 1 aliphatic heterocycles. The van der Waals surface area contributed by atoms with E-state index < -0.39 is 0 Å². The lowest BCUT2D eigenvalue weighted by atomic mass is 9.83. The van der Waals surface area contributed by atoms with Gasteiger partial charge in [0.2, 0.25) is 0 Å². The molecule has 2 heterocycles. The Balaban J connectivity index is 1.57. The largest absolute Gasteiger partial charge is 0.378 e. The van der Waals surface area contributed by atoms with Crippen LogP contribution in [0.15, 0.2) is 92.6 Å². The van der Waals surface area contributed by atoms with Gasteiger partial charge in [0.05, 0.1) is 16.3 Å². The van der Waals surface area contributed by atoms with Gasteiger partial charge in [0, 0.05) is 29.8 Å². The third-order valence-electron chi connectivity index (χ3n) is 6.77. The van der Waals surface area contributed by atoms with Gasteiger partial charge in [-0.2, -0.15) is 0 Å². The Kier molecular flexibility index (Phi) is 5.58. The first-order chi connectivity index (χ1) is 17.0. The molecule has 0 bridgehead atoms. The molecule has 6 rings (SSSR count). The normalized spacial score (nSPS) is 16.9. The summed E-state index contributed by atoms with van der Waals surface area (Å²) in [6.07, 6.45) is 3.84. The molecule has 1 aliphatic carbocycles. The third kappa shape index (κ3) is 3.91. The lowest BCUT2D eigenvalue weighted by Crippen LogP contribution is -2.38. The van der Waals surface area contributed by atoms with Crippen LogP contribution in [-0.4, -0.2) is 18.7 Å². The molecule has 0 N–H and O–H groups in total. The van der Waals surface area contributed by atoms with E-state index in [4.69, 9.17) is 4.99 Å². The van der Waals surface area contributed by atoms with Crippen LogP contribution in [0.1, 0.15) is 34.7 Å². The van der Waals surface area contributed by atoms with Gasteiger partial charge in [-0.05, 0) is 65.4 Å². The predicted molar refractivity (Wildman–Crippen MR) is 148 cm³/mol. The van der Waals surface area contributed by atoms with Crippen LogP contribution in [0.3, 0.4) is 0 Å². The number of allylic oxidation sites excluding steroid dienone is 1. The Morgan fingerprint density at radius 2 is 1.74 bits per heavy atom. The molecule has 0 saturated carbocycles. The summed E-state index contributed by atoms with van der Waals surface area (Å²) in [4.78, 5) is 21.7. The quantitative estimate of drug-likeness (QED) is 0.359. The van der Waals surface area contributed by atoms with Gasteiger partial charge in [-0.15, -0.1) is 0 Å². The van der Waals surface area contributed by atoms with Crippen molar-refractivity contribution in [2.45, 2.75) is 18.9 Å². The van der Waals surface area contributed by atoms with Gasteiger partial charge in [-0.3, -0.25) is 9.36 Å². The zero-order valence-corrected chi connectivity index (χ0v) is 21.9. The maximum atomic E-state index is 13.8. The number of hydrogen-bond acceptors (Lipinski definition) is 4. The van der Waals surface area contributed by atoms with Crippen molar-refractivity contribution in [2.24, 2.45) is 4.99 Å². The molecule has 4 nitrogen and oxygen atoms in total. The van der Waals surface area contributed by atoms with E-state index in [9.17, 15) is 4.79 Å². The fourth-order valence-electron chi connectivity index (χ4n) is 4.99. The minimum absolute atomic E-state index is 0.0174. The predicted octanol–water partition coefficient (Wildman–Crippen LogP) is 5.15. The topological polar surface area (TPSA) is 37.6 Å². The Hall–Kier alpha value is -3.22. The molecule has 4 aromatic rings. The second kappa shape index (κ2) is 8.77. The number of hydrogen-bond donors (Lipinski definition) is 0. The maximum Gasteiger partial charge on any atom is 0.271 e. The van der Waals surface area contributed by atoms with E-state index in [0.29, 0.717) is 4.53 Å². The van der Waals surface area contributed by atoms with Gasteiger partial charge in [0.25, 0.3) is 5.56 Å². The number of aromatic nitrogens is 1. The van der Waals surface area contributed by atoms with Crippen molar-refractivity contribution < 1.29 is 0 Å². The molecule has 0 amide bonds. The number of thiazole rings is 1. The first-order valence-electron chi connectivity index (χ1n) is 11.7. The first kappa shape index (κ1) is 22.3. The molecule has 2 aliphatic rings. The van der Waals surface area contributed by atoms with E-state index in [1.54, 1.807) is 0 Å². The molecular weight excluding hydrogens is 518 g/mol. The van der Waals surface area contributed by atoms with Gasteiger partial charge in [-0.1, -0.05) is 75.8 Å². The smallest absolute Gasteiger partial charge is 0.271 e. The van der Waals surface area contributed by atoms with Crippen LogP contribution >= 0.6 is 27.3 Å². The first-order valence-corrected chi connectivity index (χ1v) is 13.3. The van der Waals surface area contributed by atoms with Crippen LogP contribution in [0, 0.1) is 0 Å². The van der Waals surface area contributed by atoms with Crippen LogP contribution in [0.2, 0.25) is 0 Å². The van der Waals surface area contributed by atoms with Gasteiger partial charge in [-0.25, -0.2) is 4.99 Å². The SMILES string of the molecule is CN(C)c1ccc(C=c2sc3n(c2=O)C(c2ccc(Br)cc2)C2=C(N=3)c3ccccc3CC2)cc1. The summed E-state index contributed by atoms with van der Waals surface area (Å²) in [6, 6.07) is 25.0. The zero-order valence-electron chi connectivity index (χ0n) is 19.5. The van der Waals surface area contributed by atoms with Gasteiger partial charge < -0.3 is 4.90 Å². The van der Waals surface area contributed by atoms with Crippen LogP contribution in [0.25, 0.3) is 11.8 Å². The average molecular weight is 543 g/mol. The summed E-state index contributed by atoms with van der Waals surface area (Å²) in [6.45, 7) is 0. The van der Waals surface area contributed by atoms with Crippen LogP contribution in [0.5, 0.6) is 0 Å². The van der Waals surface area contributed by atoms with E-state index in [1.165, 1.54) is 28.0 Å². The molecule has 0 fully saturated rings. The van der Waals surface area contributed by atoms with E-state index in [-0.39, 0.29) is 11.6 Å². The molecule has 35 heavy (non-hydrogen) atoms. The molecule has 0 radical (unpaired) electrons. The minimum atomic E-state index is -0.152. The summed E-state index contributed by atoms with van der Waals surface area (Å²) in [5, 5.41) is 0. The summed E-state index contributed by atoms with van der Waals surface area (Å²) in [7, 11) is 4.05. The number of rotatable bonds is 3. The van der Waals surface area contributed by atoms with Crippen LogP contribution in [-0.2, 0) is 6.42 Å². The standard InChI is InChI=1S/C29H24BrN3OS/c1-32(2)22-14-7-18(8-15-22)17-25-28(34)33-27(20-9-12-21(30)13-10-20)24-16-11-19-5-3-4-6-23(19)26(24)31-29(33)35-25/h3-10,12-15,17,27H,11,16H2,1-2H3. The zero-order chi connectivity index (χ0) is 24.1. The molecular formula is C29H24BrN3OS. The molecule has 0 saturated heterocycles. The lowest BCUT2D eigenvalue weighted by molar-refractivity contribution is 0.585. The van der Waals surface area contributed by atoms with Gasteiger partial charge in [0.1, 0.15) is 0 Å². The Morgan fingerprint density at radius 3 is 2.49 bits per heavy atom. The fourth-order valence-corrected chi connectivity index (χ4v) is 6.25. The number of fused-ring (bicyclic) bond motifs is 3. The van der Waals surface area contributed by atoms with Gasteiger partial charge >= 0.3 is 0 Å². The molecule has 1 unspecified atom stereocenters. The lowest BCUT2D eigenvalue weighted by Gasteiger charge is -2.30. The number of anilines is 1. The van der Waals surface area contributed by atoms with E-state index >= 15 is 0 Å². The second-order valence-electron chi connectivity index (χ2n) is 9.15. The van der Waals surface area contributed by atoms with Crippen LogP contribution in [0.4, 0.5) is 5.69 Å². The second-order valence-corrected chi connectivity index (χ2v) is 11.1. The summed E-state index contributed by atoms with van der Waals surface area (Å²) in [5.74, 6) is 0. The maximum absolute atomic E-state index is 13.8. The van der Waals surface area contributed by atoms with E-state index in [1.807, 2.05) is 24.7 Å². The molecule has 6 heteroatoms. The van der Waals surface area contributed by atoms with Crippen molar-refractivity contribution in [2.75, 3.05) is 19.0 Å². The molecule has 174 valence electrons.